The summed E-state index contributed by atoms with van der Waals surface area (Å²) in [4.78, 5) is 12.8. The van der Waals surface area contributed by atoms with E-state index in [1.165, 1.54) is 17.0 Å². The van der Waals surface area contributed by atoms with Crippen molar-refractivity contribution >= 4 is 21.6 Å². The molecule has 1 rings (SSSR count). The largest absolute Gasteiger partial charge is 0.399 e. The Morgan fingerprint density at radius 2 is 2.00 bits per heavy atom. The first-order valence-corrected chi connectivity index (χ1v) is 6.78. The first-order valence-electron chi connectivity index (χ1n) is 5.30. The summed E-state index contributed by atoms with van der Waals surface area (Å²) in [5, 5.41) is 0. The van der Waals surface area contributed by atoms with Crippen molar-refractivity contribution in [2.24, 2.45) is 0 Å². The Balaban J connectivity index is 2.90. The van der Waals surface area contributed by atoms with Crippen molar-refractivity contribution in [2.75, 3.05) is 26.4 Å². The molecule has 1 amide bonds. The topological polar surface area (TPSA) is 92.5 Å². The number of sulfonamides is 1. The second-order valence-corrected chi connectivity index (χ2v) is 5.87. The lowest BCUT2D eigenvalue weighted by atomic mass is 10.2. The molecule has 0 aliphatic heterocycles. The monoisotopic (exact) mass is 271 g/mol. The van der Waals surface area contributed by atoms with Crippen LogP contribution in [0.15, 0.2) is 23.1 Å². The van der Waals surface area contributed by atoms with Crippen molar-refractivity contribution in [3.8, 4) is 0 Å². The van der Waals surface area contributed by atoms with Gasteiger partial charge < -0.3 is 10.6 Å². The predicted octanol–water partition coefficient (Wildman–Crippen LogP) is -0.0563. The maximum Gasteiger partial charge on any atom is 0.241 e. The molecule has 6 nitrogen and oxygen atoms in total. The number of aryl methyl sites for hydroxylation is 1. The standard InChI is InChI=1S/C11H17N3O3S/c1-8-6-9(12)4-5-10(8)18(16,17)13-7-11(15)14(2)3/h4-6,13H,7,12H2,1-3H3. The van der Waals surface area contributed by atoms with Gasteiger partial charge in [-0.2, -0.15) is 0 Å². The number of hydrogen-bond acceptors (Lipinski definition) is 4. The highest BCUT2D eigenvalue weighted by atomic mass is 32.2. The van der Waals surface area contributed by atoms with Crippen LogP contribution in [0.1, 0.15) is 5.56 Å². The summed E-state index contributed by atoms with van der Waals surface area (Å²) in [5.74, 6) is -0.313. The van der Waals surface area contributed by atoms with Crippen LogP contribution in [0.2, 0.25) is 0 Å². The molecule has 0 bridgehead atoms. The van der Waals surface area contributed by atoms with Gasteiger partial charge in [0.2, 0.25) is 15.9 Å². The molecular formula is C11H17N3O3S. The molecule has 0 aromatic heterocycles. The zero-order chi connectivity index (χ0) is 13.9. The van der Waals surface area contributed by atoms with E-state index in [0.29, 0.717) is 11.3 Å². The predicted molar refractivity (Wildman–Crippen MR) is 69.5 cm³/mol. The third kappa shape index (κ3) is 3.44. The molecule has 0 unspecified atom stereocenters. The van der Waals surface area contributed by atoms with Crippen LogP contribution in [-0.4, -0.2) is 39.9 Å². The molecule has 100 valence electrons. The van der Waals surface area contributed by atoms with Crippen LogP contribution in [0.3, 0.4) is 0 Å². The summed E-state index contributed by atoms with van der Waals surface area (Å²) in [6.45, 7) is 1.39. The molecule has 1 aromatic rings. The number of rotatable bonds is 4. The second kappa shape index (κ2) is 5.36. The number of amides is 1. The Morgan fingerprint density at radius 3 is 2.50 bits per heavy atom. The first kappa shape index (κ1) is 14.5. The number of nitrogen functional groups attached to an aromatic ring is 1. The molecule has 0 radical (unpaired) electrons. The van der Waals surface area contributed by atoms with Gasteiger partial charge in [-0.1, -0.05) is 0 Å². The van der Waals surface area contributed by atoms with E-state index >= 15 is 0 Å². The Morgan fingerprint density at radius 1 is 1.39 bits per heavy atom. The normalized spacial score (nSPS) is 11.3. The summed E-state index contributed by atoms with van der Waals surface area (Å²) in [7, 11) is -0.568. The van der Waals surface area contributed by atoms with E-state index in [1.54, 1.807) is 27.1 Å². The Labute approximate surface area is 107 Å². The zero-order valence-electron chi connectivity index (χ0n) is 10.6. The maximum atomic E-state index is 12.0. The van der Waals surface area contributed by atoms with E-state index in [-0.39, 0.29) is 17.3 Å². The lowest BCUT2D eigenvalue weighted by Crippen LogP contribution is -2.36. The van der Waals surface area contributed by atoms with Gasteiger partial charge in [-0.15, -0.1) is 0 Å². The zero-order valence-corrected chi connectivity index (χ0v) is 11.4. The van der Waals surface area contributed by atoms with Crippen LogP contribution in [0.25, 0.3) is 0 Å². The summed E-state index contributed by atoms with van der Waals surface area (Å²) in [5.41, 5.74) is 6.59. The highest BCUT2D eigenvalue weighted by Gasteiger charge is 2.18. The minimum absolute atomic E-state index is 0.128. The third-order valence-electron chi connectivity index (χ3n) is 2.40. The average molecular weight is 271 g/mol. The van der Waals surface area contributed by atoms with E-state index in [2.05, 4.69) is 4.72 Å². The number of anilines is 1. The first-order chi connectivity index (χ1) is 8.24. The van der Waals surface area contributed by atoms with E-state index in [4.69, 9.17) is 5.73 Å². The van der Waals surface area contributed by atoms with Crippen LogP contribution in [0.4, 0.5) is 5.69 Å². The average Bonchev–Trinajstić information content (AvgIpc) is 2.25. The highest BCUT2D eigenvalue weighted by molar-refractivity contribution is 7.89. The number of carbonyl (C=O) groups excluding carboxylic acids is 1. The van der Waals surface area contributed by atoms with Gasteiger partial charge in [0.1, 0.15) is 0 Å². The SMILES string of the molecule is Cc1cc(N)ccc1S(=O)(=O)NCC(=O)N(C)C. The van der Waals surface area contributed by atoms with Crippen molar-refractivity contribution in [3.63, 3.8) is 0 Å². The fraction of sp³-hybridized carbons (Fsp3) is 0.364. The van der Waals surface area contributed by atoms with Crippen LogP contribution in [0, 0.1) is 6.92 Å². The van der Waals surface area contributed by atoms with Crippen LogP contribution >= 0.6 is 0 Å². The molecule has 0 fully saturated rings. The molecule has 3 N–H and O–H groups in total. The van der Waals surface area contributed by atoms with Gasteiger partial charge in [0, 0.05) is 19.8 Å². The fourth-order valence-electron chi connectivity index (χ4n) is 1.37. The molecule has 0 aliphatic rings. The lowest BCUT2D eigenvalue weighted by molar-refractivity contribution is -0.127. The van der Waals surface area contributed by atoms with Gasteiger partial charge in [0.25, 0.3) is 0 Å². The molecule has 0 saturated heterocycles. The maximum absolute atomic E-state index is 12.0. The van der Waals surface area contributed by atoms with Crippen LogP contribution < -0.4 is 10.5 Å². The Kier molecular flexibility index (Phi) is 4.31. The highest BCUT2D eigenvalue weighted by Crippen LogP contribution is 2.17. The molecule has 0 heterocycles. The Hall–Kier alpha value is -1.60. The molecule has 1 aromatic carbocycles. The lowest BCUT2D eigenvalue weighted by Gasteiger charge is -2.12. The molecule has 18 heavy (non-hydrogen) atoms. The van der Waals surface area contributed by atoms with Gasteiger partial charge in [0.15, 0.2) is 0 Å². The number of benzene rings is 1. The van der Waals surface area contributed by atoms with Crippen molar-refractivity contribution < 1.29 is 13.2 Å². The number of likely N-dealkylation sites (N-methyl/N-ethyl adjacent to an activating group) is 1. The minimum Gasteiger partial charge on any atom is -0.399 e. The van der Waals surface area contributed by atoms with Crippen molar-refractivity contribution in [2.45, 2.75) is 11.8 Å². The van der Waals surface area contributed by atoms with E-state index < -0.39 is 10.0 Å². The van der Waals surface area contributed by atoms with E-state index in [9.17, 15) is 13.2 Å². The molecule has 0 saturated carbocycles. The summed E-state index contributed by atoms with van der Waals surface area (Å²) < 4.78 is 26.2. The second-order valence-electron chi connectivity index (χ2n) is 4.14. The Bertz CT molecular complexity index is 553. The van der Waals surface area contributed by atoms with Gasteiger partial charge in [-0.3, -0.25) is 4.79 Å². The van der Waals surface area contributed by atoms with Gasteiger partial charge in [-0.25, -0.2) is 13.1 Å². The summed E-state index contributed by atoms with van der Waals surface area (Å²) in [6.07, 6.45) is 0. The van der Waals surface area contributed by atoms with Crippen molar-refractivity contribution in [1.29, 1.82) is 0 Å². The number of hydrogen-bond donors (Lipinski definition) is 2. The molecule has 0 aliphatic carbocycles. The fourth-order valence-corrected chi connectivity index (χ4v) is 2.57. The molecule has 0 spiro atoms. The third-order valence-corrected chi connectivity index (χ3v) is 3.96. The molecule has 0 atom stereocenters. The smallest absolute Gasteiger partial charge is 0.241 e. The minimum atomic E-state index is -3.69. The van der Waals surface area contributed by atoms with E-state index in [0.717, 1.165) is 0 Å². The number of nitrogens with two attached hydrogens (primary N) is 1. The molecule has 7 heteroatoms. The number of carbonyl (C=O) groups is 1. The quantitative estimate of drug-likeness (QED) is 0.751. The number of nitrogens with one attached hydrogen (secondary N) is 1. The summed E-state index contributed by atoms with van der Waals surface area (Å²) in [6, 6.07) is 4.50. The van der Waals surface area contributed by atoms with Gasteiger partial charge in [0.05, 0.1) is 11.4 Å². The van der Waals surface area contributed by atoms with Gasteiger partial charge in [-0.05, 0) is 30.7 Å². The van der Waals surface area contributed by atoms with Crippen molar-refractivity contribution in [3.05, 3.63) is 23.8 Å². The van der Waals surface area contributed by atoms with E-state index in [1.807, 2.05) is 0 Å². The summed E-state index contributed by atoms with van der Waals surface area (Å²) >= 11 is 0. The van der Waals surface area contributed by atoms with Crippen LogP contribution in [0.5, 0.6) is 0 Å². The van der Waals surface area contributed by atoms with Crippen LogP contribution in [-0.2, 0) is 14.8 Å². The molecular weight excluding hydrogens is 254 g/mol. The van der Waals surface area contributed by atoms with Crippen molar-refractivity contribution in [1.82, 2.24) is 9.62 Å². The number of nitrogens with zero attached hydrogens (tertiary/aromatic N) is 1. The van der Waals surface area contributed by atoms with Gasteiger partial charge >= 0.3 is 0 Å².